The summed E-state index contributed by atoms with van der Waals surface area (Å²) in [6.07, 6.45) is -6.07. The van der Waals surface area contributed by atoms with E-state index in [-0.39, 0.29) is 16.9 Å². The smallest absolute Gasteiger partial charge is 0.391 e. The number of halogens is 4. The van der Waals surface area contributed by atoms with Crippen LogP contribution < -0.4 is 0 Å². The third kappa shape index (κ3) is 3.13. The number of hydrogen-bond acceptors (Lipinski definition) is 3. The highest BCUT2D eigenvalue weighted by molar-refractivity contribution is 9.10. The van der Waals surface area contributed by atoms with E-state index >= 15 is 0 Å². The first kappa shape index (κ1) is 18.5. The Morgan fingerprint density at radius 3 is 2.44 bits per heavy atom. The van der Waals surface area contributed by atoms with Crippen molar-refractivity contribution in [2.45, 2.75) is 17.0 Å². The fraction of sp³-hybridized carbons (Fsp3) is 0.278. The zero-order valence-electron chi connectivity index (χ0n) is 12.8. The van der Waals surface area contributed by atoms with Crippen molar-refractivity contribution in [3.63, 3.8) is 0 Å². The summed E-state index contributed by atoms with van der Waals surface area (Å²) in [7, 11) is 0. The molecule has 0 aliphatic carbocycles. The quantitative estimate of drug-likeness (QED) is 0.709. The zero-order chi connectivity index (χ0) is 18.2. The number of aliphatic hydroxyl groups excluding tert-OH is 1. The molecule has 0 unspecified atom stereocenters. The van der Waals surface area contributed by atoms with Gasteiger partial charge >= 0.3 is 6.18 Å². The first-order valence-electron chi connectivity index (χ1n) is 7.51. The Morgan fingerprint density at radius 1 is 1.16 bits per heavy atom. The van der Waals surface area contributed by atoms with Crippen LogP contribution in [0.4, 0.5) is 13.2 Å². The van der Waals surface area contributed by atoms with Crippen molar-refractivity contribution in [2.75, 3.05) is 5.75 Å². The fourth-order valence-electron chi connectivity index (χ4n) is 3.22. The topological polar surface area (TPSA) is 37.3 Å². The zero-order valence-corrected chi connectivity index (χ0v) is 15.2. The molecule has 1 aliphatic rings. The maximum Gasteiger partial charge on any atom is 0.408 e. The van der Waals surface area contributed by atoms with E-state index in [2.05, 4.69) is 15.9 Å². The molecular weight excluding hydrogens is 417 g/mol. The fourth-order valence-corrected chi connectivity index (χ4v) is 5.16. The van der Waals surface area contributed by atoms with Crippen LogP contribution in [-0.4, -0.2) is 28.9 Å². The van der Waals surface area contributed by atoms with Gasteiger partial charge in [-0.2, -0.15) is 13.2 Å². The Hall–Kier alpha value is -1.31. The second kappa shape index (κ2) is 6.78. The average molecular weight is 431 g/mol. The lowest BCUT2D eigenvalue weighted by Gasteiger charge is -2.36. The Labute approximate surface area is 155 Å². The van der Waals surface area contributed by atoms with E-state index in [4.69, 9.17) is 0 Å². The minimum Gasteiger partial charge on any atom is -0.391 e. The second-order valence-electron chi connectivity index (χ2n) is 5.83. The van der Waals surface area contributed by atoms with E-state index in [1.54, 1.807) is 18.2 Å². The molecule has 0 radical (unpaired) electrons. The van der Waals surface area contributed by atoms with E-state index in [0.717, 1.165) is 0 Å². The van der Waals surface area contributed by atoms with Crippen molar-refractivity contribution in [1.29, 1.82) is 0 Å². The highest BCUT2D eigenvalue weighted by Crippen LogP contribution is 2.60. The Kier molecular flexibility index (Phi) is 5.01. The Balaban J connectivity index is 2.16. The number of benzene rings is 2. The Morgan fingerprint density at radius 2 is 1.84 bits per heavy atom. The van der Waals surface area contributed by atoms with Gasteiger partial charge in [-0.25, -0.2) is 0 Å². The molecule has 0 saturated carbocycles. The van der Waals surface area contributed by atoms with Crippen LogP contribution in [-0.2, 0) is 4.75 Å². The van der Waals surface area contributed by atoms with Crippen molar-refractivity contribution < 1.29 is 23.1 Å². The van der Waals surface area contributed by atoms with Gasteiger partial charge in [0, 0.05) is 15.8 Å². The van der Waals surface area contributed by atoms with Gasteiger partial charge < -0.3 is 5.11 Å². The molecule has 0 amide bonds. The number of thioether (sulfide) groups is 1. The van der Waals surface area contributed by atoms with Gasteiger partial charge in [0.25, 0.3) is 0 Å². The highest BCUT2D eigenvalue weighted by Gasteiger charge is 2.67. The van der Waals surface area contributed by atoms with Crippen LogP contribution in [0.25, 0.3) is 0 Å². The molecule has 1 heterocycles. The summed E-state index contributed by atoms with van der Waals surface area (Å²) in [6, 6.07) is 13.6. The number of aliphatic hydroxyl groups is 1. The normalized spacial score (nSPS) is 26.6. The van der Waals surface area contributed by atoms with Crippen molar-refractivity contribution in [2.24, 2.45) is 5.92 Å². The summed E-state index contributed by atoms with van der Waals surface area (Å²) in [5.74, 6) is -2.46. The maximum atomic E-state index is 14.2. The van der Waals surface area contributed by atoms with Gasteiger partial charge in [-0.05, 0) is 17.7 Å². The molecule has 1 N–H and O–H groups in total. The molecule has 132 valence electrons. The first-order chi connectivity index (χ1) is 11.8. The molecule has 1 aliphatic heterocycles. The summed E-state index contributed by atoms with van der Waals surface area (Å²) in [5, 5.41) is 10.3. The van der Waals surface area contributed by atoms with Crippen molar-refractivity contribution in [3.8, 4) is 0 Å². The molecule has 0 bridgehead atoms. The van der Waals surface area contributed by atoms with Gasteiger partial charge in [0.2, 0.25) is 0 Å². The molecule has 2 nitrogen and oxygen atoms in total. The standard InChI is InChI=1S/C18H14BrF3O2S/c19-13-8-4-5-11(9-13)16(24)15-14(23)10-25-17(15,18(20,21)22)12-6-2-1-3-7-12/h1-9,14-15,23H,10H2/t14-,15+,17-/m1/s1. The van der Waals surface area contributed by atoms with Gasteiger partial charge in [0.1, 0.15) is 4.75 Å². The molecule has 7 heteroatoms. The SMILES string of the molecule is O=C(c1cccc(Br)c1)[C@@H]1[C@H](O)CS[C@@]1(c1ccccc1)C(F)(F)F. The van der Waals surface area contributed by atoms with Crippen molar-refractivity contribution >= 4 is 33.5 Å². The van der Waals surface area contributed by atoms with E-state index < -0.39 is 28.7 Å². The lowest BCUT2D eigenvalue weighted by molar-refractivity contribution is -0.174. The molecule has 25 heavy (non-hydrogen) atoms. The summed E-state index contributed by atoms with van der Waals surface area (Å²) in [4.78, 5) is 13.0. The van der Waals surface area contributed by atoms with E-state index in [1.807, 2.05) is 0 Å². The Bertz CT molecular complexity index is 781. The minimum atomic E-state index is -4.69. The molecule has 0 aromatic heterocycles. The maximum absolute atomic E-state index is 14.2. The minimum absolute atomic E-state index is 0.0163. The van der Waals surface area contributed by atoms with Gasteiger partial charge in [0.05, 0.1) is 12.0 Å². The van der Waals surface area contributed by atoms with Crippen molar-refractivity contribution in [1.82, 2.24) is 0 Å². The van der Waals surface area contributed by atoms with Crippen LogP contribution in [0, 0.1) is 5.92 Å². The lowest BCUT2D eigenvalue weighted by atomic mass is 9.77. The molecule has 3 rings (SSSR count). The number of carbonyl (C=O) groups excluding carboxylic acids is 1. The first-order valence-corrected chi connectivity index (χ1v) is 9.29. The number of Topliss-reactive ketones (excluding diaryl/α,β-unsaturated/α-hetero) is 1. The third-order valence-corrected chi connectivity index (χ3v) is 6.50. The molecule has 2 aromatic carbocycles. The lowest BCUT2D eigenvalue weighted by Crippen LogP contribution is -2.49. The number of alkyl halides is 3. The summed E-state index contributed by atoms with van der Waals surface area (Å²) < 4.78 is 40.7. The van der Waals surface area contributed by atoms with E-state index in [1.165, 1.54) is 36.4 Å². The third-order valence-electron chi connectivity index (χ3n) is 4.32. The van der Waals surface area contributed by atoms with Gasteiger partial charge in [-0.15, -0.1) is 11.8 Å². The average Bonchev–Trinajstić information content (AvgIpc) is 2.93. The molecule has 2 aromatic rings. The van der Waals surface area contributed by atoms with Crippen LogP contribution >= 0.6 is 27.7 Å². The van der Waals surface area contributed by atoms with E-state index in [0.29, 0.717) is 16.2 Å². The van der Waals surface area contributed by atoms with Gasteiger partial charge in [0.15, 0.2) is 5.78 Å². The van der Waals surface area contributed by atoms with E-state index in [9.17, 15) is 23.1 Å². The van der Waals surface area contributed by atoms with Crippen LogP contribution in [0.2, 0.25) is 0 Å². The van der Waals surface area contributed by atoms with Crippen LogP contribution in [0.1, 0.15) is 15.9 Å². The second-order valence-corrected chi connectivity index (χ2v) is 8.01. The van der Waals surface area contributed by atoms with Crippen molar-refractivity contribution in [3.05, 3.63) is 70.2 Å². The van der Waals surface area contributed by atoms with Crippen LogP contribution in [0.15, 0.2) is 59.1 Å². The molecule has 0 spiro atoms. The summed E-state index contributed by atoms with van der Waals surface area (Å²) in [6.45, 7) is 0. The molecule has 1 fully saturated rings. The predicted molar refractivity (Wildman–Crippen MR) is 94.6 cm³/mol. The van der Waals surface area contributed by atoms with Gasteiger partial charge in [-0.1, -0.05) is 58.4 Å². The van der Waals surface area contributed by atoms with Crippen LogP contribution in [0.5, 0.6) is 0 Å². The largest absolute Gasteiger partial charge is 0.408 e. The summed E-state index contributed by atoms with van der Waals surface area (Å²) in [5.41, 5.74) is 0.128. The monoisotopic (exact) mass is 430 g/mol. The summed E-state index contributed by atoms with van der Waals surface area (Å²) >= 11 is 3.81. The molecule has 3 atom stereocenters. The molecule has 1 saturated heterocycles. The van der Waals surface area contributed by atoms with Crippen LogP contribution in [0.3, 0.4) is 0 Å². The number of rotatable bonds is 3. The number of ketones is 1. The van der Waals surface area contributed by atoms with Gasteiger partial charge in [-0.3, -0.25) is 4.79 Å². The predicted octanol–water partition coefficient (Wildman–Crippen LogP) is 4.81. The number of carbonyl (C=O) groups is 1. The molecular formula is C18H14BrF3O2S. The highest BCUT2D eigenvalue weighted by atomic mass is 79.9. The number of hydrogen-bond donors (Lipinski definition) is 1.